The van der Waals surface area contributed by atoms with Gasteiger partial charge in [0, 0.05) is 11.5 Å². The molecule has 1 aliphatic rings. The number of thiocarbonyl (C=S) groups is 1. The van der Waals surface area contributed by atoms with E-state index in [1.54, 1.807) is 6.08 Å². The van der Waals surface area contributed by atoms with Gasteiger partial charge in [-0.15, -0.1) is 0 Å². The van der Waals surface area contributed by atoms with Crippen molar-refractivity contribution in [3.05, 3.63) is 23.8 Å². The highest BCUT2D eigenvalue weighted by Crippen LogP contribution is 2.10. The van der Waals surface area contributed by atoms with Gasteiger partial charge in [0.25, 0.3) is 0 Å². The summed E-state index contributed by atoms with van der Waals surface area (Å²) in [6.45, 7) is 0.0348. The van der Waals surface area contributed by atoms with Gasteiger partial charge in [-0.1, -0.05) is 12.2 Å². The second kappa shape index (κ2) is 3.55. The van der Waals surface area contributed by atoms with Gasteiger partial charge in [0.05, 0.1) is 0 Å². The Hall–Kier alpha value is -0.800. The van der Waals surface area contributed by atoms with E-state index in [1.165, 1.54) is 12.2 Å². The monoisotopic (exact) mass is 168 g/mol. The third-order valence-corrected chi connectivity index (χ3v) is 1.81. The number of rotatable bonds is 2. The molecule has 0 aliphatic heterocycles. The third-order valence-electron chi connectivity index (χ3n) is 1.41. The van der Waals surface area contributed by atoms with Crippen LogP contribution in [-0.4, -0.2) is 22.4 Å². The van der Waals surface area contributed by atoms with Crippen molar-refractivity contribution in [2.45, 2.75) is 6.42 Å². The largest absolute Gasteiger partial charge is 0.396 e. The van der Waals surface area contributed by atoms with Crippen molar-refractivity contribution in [3.8, 4) is 0 Å². The van der Waals surface area contributed by atoms with E-state index in [-0.39, 0.29) is 12.4 Å². The minimum absolute atomic E-state index is 0.0348. The van der Waals surface area contributed by atoms with Crippen molar-refractivity contribution in [1.82, 2.24) is 0 Å². The van der Waals surface area contributed by atoms with Crippen LogP contribution in [0.3, 0.4) is 0 Å². The molecule has 0 atom stereocenters. The number of aliphatic hydroxyl groups is 1. The van der Waals surface area contributed by atoms with E-state index in [0.29, 0.717) is 11.3 Å². The molecule has 58 valence electrons. The van der Waals surface area contributed by atoms with Gasteiger partial charge in [0.1, 0.15) is 0 Å². The standard InChI is InChI=1S/C8H8O2S/c9-4-3-6-5-7(10)1-2-8(6)11/h1-2,5,9H,3-4H2. The summed E-state index contributed by atoms with van der Waals surface area (Å²) in [6.07, 6.45) is 4.97. The zero-order chi connectivity index (χ0) is 8.27. The van der Waals surface area contributed by atoms with Crippen molar-refractivity contribution < 1.29 is 9.90 Å². The predicted octanol–water partition coefficient (Wildman–Crippen LogP) is 0.804. The molecule has 2 nitrogen and oxygen atoms in total. The molecule has 1 N–H and O–H groups in total. The molecule has 0 spiro atoms. The SMILES string of the molecule is O=C1C=CC(=S)C(CCO)=C1. The number of hydrogen-bond donors (Lipinski definition) is 1. The van der Waals surface area contributed by atoms with Gasteiger partial charge in [0.2, 0.25) is 0 Å². The van der Waals surface area contributed by atoms with Crippen LogP contribution in [0.2, 0.25) is 0 Å². The molecule has 3 heteroatoms. The molecule has 0 fully saturated rings. The van der Waals surface area contributed by atoms with Gasteiger partial charge >= 0.3 is 0 Å². The molecule has 0 radical (unpaired) electrons. The van der Waals surface area contributed by atoms with E-state index in [9.17, 15) is 4.79 Å². The van der Waals surface area contributed by atoms with Crippen molar-refractivity contribution in [1.29, 1.82) is 0 Å². The van der Waals surface area contributed by atoms with Crippen LogP contribution < -0.4 is 0 Å². The van der Waals surface area contributed by atoms with Crippen LogP contribution in [0.15, 0.2) is 23.8 Å². The van der Waals surface area contributed by atoms with Crippen LogP contribution in [0.4, 0.5) is 0 Å². The maximum Gasteiger partial charge on any atom is 0.179 e. The van der Waals surface area contributed by atoms with Gasteiger partial charge in [-0.3, -0.25) is 4.79 Å². The number of aliphatic hydroxyl groups excluding tert-OH is 1. The number of carbonyl (C=O) groups is 1. The summed E-state index contributed by atoms with van der Waals surface area (Å²) in [4.78, 5) is 11.4. The summed E-state index contributed by atoms with van der Waals surface area (Å²) in [5.41, 5.74) is 0.759. The molecule has 0 aromatic rings. The molecule has 0 bridgehead atoms. The van der Waals surface area contributed by atoms with Crippen LogP contribution >= 0.6 is 12.2 Å². The summed E-state index contributed by atoms with van der Waals surface area (Å²) in [7, 11) is 0. The highest BCUT2D eigenvalue weighted by Gasteiger charge is 2.08. The summed E-state index contributed by atoms with van der Waals surface area (Å²) in [5.74, 6) is -0.0537. The van der Waals surface area contributed by atoms with Crippen molar-refractivity contribution in [2.75, 3.05) is 6.61 Å². The summed E-state index contributed by atoms with van der Waals surface area (Å²) in [5, 5.41) is 8.59. The quantitative estimate of drug-likeness (QED) is 0.620. The topological polar surface area (TPSA) is 37.3 Å². The van der Waals surface area contributed by atoms with Crippen LogP contribution in [0, 0.1) is 0 Å². The Morgan fingerprint density at radius 1 is 1.45 bits per heavy atom. The van der Waals surface area contributed by atoms with E-state index >= 15 is 0 Å². The van der Waals surface area contributed by atoms with Gasteiger partial charge in [0.15, 0.2) is 5.78 Å². The number of hydrogen-bond acceptors (Lipinski definition) is 3. The van der Waals surface area contributed by atoms with E-state index in [1.807, 2.05) is 0 Å². The molecule has 0 heterocycles. The lowest BCUT2D eigenvalue weighted by molar-refractivity contribution is -0.110. The minimum atomic E-state index is -0.0537. The zero-order valence-electron chi connectivity index (χ0n) is 5.91. The molecule has 1 aliphatic carbocycles. The van der Waals surface area contributed by atoms with Crippen LogP contribution in [-0.2, 0) is 4.79 Å². The Kier molecular flexibility index (Phi) is 2.68. The number of allylic oxidation sites excluding steroid dienone is 3. The van der Waals surface area contributed by atoms with Crippen molar-refractivity contribution in [2.24, 2.45) is 0 Å². The fourth-order valence-electron chi connectivity index (χ4n) is 0.872. The maximum absolute atomic E-state index is 10.8. The Balaban J connectivity index is 2.76. The highest BCUT2D eigenvalue weighted by atomic mass is 32.1. The van der Waals surface area contributed by atoms with E-state index < -0.39 is 0 Å². The van der Waals surface area contributed by atoms with E-state index in [0.717, 1.165) is 5.57 Å². The molecule has 0 saturated heterocycles. The molecule has 0 saturated carbocycles. The molecule has 0 amide bonds. The average molecular weight is 168 g/mol. The van der Waals surface area contributed by atoms with Crippen LogP contribution in [0.1, 0.15) is 6.42 Å². The maximum atomic E-state index is 10.8. The Labute approximate surface area is 70.2 Å². The second-order valence-corrected chi connectivity index (χ2v) is 2.68. The van der Waals surface area contributed by atoms with Gasteiger partial charge in [-0.25, -0.2) is 0 Å². The van der Waals surface area contributed by atoms with E-state index in [2.05, 4.69) is 0 Å². The average Bonchev–Trinajstić information content (AvgIpc) is 1.98. The van der Waals surface area contributed by atoms with Crippen LogP contribution in [0.25, 0.3) is 0 Å². The minimum Gasteiger partial charge on any atom is -0.396 e. The first-order valence-corrected chi connectivity index (χ1v) is 3.72. The second-order valence-electron chi connectivity index (χ2n) is 2.24. The normalized spacial score (nSPS) is 17.0. The first kappa shape index (κ1) is 8.30. The van der Waals surface area contributed by atoms with Gasteiger partial charge in [-0.2, -0.15) is 0 Å². The van der Waals surface area contributed by atoms with E-state index in [4.69, 9.17) is 17.3 Å². The summed E-state index contributed by atoms with van der Waals surface area (Å²) in [6, 6.07) is 0. The lowest BCUT2D eigenvalue weighted by Crippen LogP contribution is -2.06. The zero-order valence-corrected chi connectivity index (χ0v) is 6.73. The molecule has 0 aromatic heterocycles. The van der Waals surface area contributed by atoms with Gasteiger partial charge in [-0.05, 0) is 30.2 Å². The lowest BCUT2D eigenvalue weighted by Gasteiger charge is -2.05. The Morgan fingerprint density at radius 3 is 2.82 bits per heavy atom. The molecular formula is C8H8O2S. The molecule has 0 aromatic carbocycles. The summed E-state index contributed by atoms with van der Waals surface area (Å²) >= 11 is 4.93. The first-order valence-electron chi connectivity index (χ1n) is 3.32. The van der Waals surface area contributed by atoms with Crippen LogP contribution in [0.5, 0.6) is 0 Å². The molecule has 11 heavy (non-hydrogen) atoms. The highest BCUT2D eigenvalue weighted by molar-refractivity contribution is 7.81. The third kappa shape index (κ3) is 2.06. The van der Waals surface area contributed by atoms with Gasteiger partial charge < -0.3 is 5.11 Å². The molecule has 1 rings (SSSR count). The van der Waals surface area contributed by atoms with Crippen molar-refractivity contribution in [3.63, 3.8) is 0 Å². The fraction of sp³-hybridized carbons (Fsp3) is 0.250. The Bertz CT molecular complexity index is 251. The lowest BCUT2D eigenvalue weighted by atomic mass is 10.0. The molecular weight excluding hydrogens is 160 g/mol. The molecule has 0 unspecified atom stereocenters. The number of ketones is 1. The predicted molar refractivity (Wildman–Crippen MR) is 46.5 cm³/mol. The summed E-state index contributed by atoms with van der Waals surface area (Å²) < 4.78 is 0. The first-order chi connectivity index (χ1) is 5.24. The number of carbonyl (C=O) groups excluding carboxylic acids is 1. The van der Waals surface area contributed by atoms with Crippen molar-refractivity contribution >= 4 is 22.9 Å². The fourth-order valence-corrected chi connectivity index (χ4v) is 1.10. The smallest absolute Gasteiger partial charge is 0.179 e. The Morgan fingerprint density at radius 2 is 2.18 bits per heavy atom.